The largest absolute Gasteiger partial charge is 0.371 e. The van der Waals surface area contributed by atoms with Gasteiger partial charge in [-0.1, -0.05) is 29.8 Å². The second-order valence-electron chi connectivity index (χ2n) is 8.07. The second-order valence-corrected chi connectivity index (χ2v) is 8.07. The van der Waals surface area contributed by atoms with Crippen molar-refractivity contribution >= 4 is 11.9 Å². The minimum Gasteiger partial charge on any atom is -0.371 e. The van der Waals surface area contributed by atoms with Crippen molar-refractivity contribution in [1.29, 1.82) is 0 Å². The lowest BCUT2D eigenvalue weighted by Gasteiger charge is -2.18. The van der Waals surface area contributed by atoms with Gasteiger partial charge in [0, 0.05) is 17.3 Å². The van der Waals surface area contributed by atoms with Crippen LogP contribution in [-0.4, -0.2) is 53.4 Å². The van der Waals surface area contributed by atoms with Gasteiger partial charge in [0.1, 0.15) is 18.0 Å². The number of carbonyl (C=O) groups excluding carboxylic acids is 1. The fourth-order valence-electron chi connectivity index (χ4n) is 4.11. The Morgan fingerprint density at radius 1 is 1.03 bits per heavy atom. The predicted molar refractivity (Wildman–Crippen MR) is 117 cm³/mol. The molecule has 0 spiro atoms. The van der Waals surface area contributed by atoms with Gasteiger partial charge in [0.2, 0.25) is 5.95 Å². The van der Waals surface area contributed by atoms with Crippen LogP contribution < -0.4 is 10.6 Å². The lowest BCUT2D eigenvalue weighted by Crippen LogP contribution is -2.44. The Morgan fingerprint density at radius 2 is 1.78 bits per heavy atom. The van der Waals surface area contributed by atoms with Crippen LogP contribution >= 0.6 is 0 Å². The number of ether oxygens (including phenoxy) is 2. The SMILES string of the molecule is Cc1ccc(C(=O)N[C@H]2CO[C@H]3[C@@H]2OC[C@@H]3Nc2nccc(-c3cccc(F)c3)n2)cc1. The van der Waals surface area contributed by atoms with Crippen molar-refractivity contribution in [3.8, 4) is 11.3 Å². The van der Waals surface area contributed by atoms with Crippen molar-refractivity contribution in [2.24, 2.45) is 0 Å². The Bertz CT molecular complexity index is 1120. The summed E-state index contributed by atoms with van der Waals surface area (Å²) in [5.74, 6) is -0.0529. The number of fused-ring (bicyclic) bond motifs is 1. The van der Waals surface area contributed by atoms with Gasteiger partial charge in [0.05, 0.1) is 31.0 Å². The summed E-state index contributed by atoms with van der Waals surface area (Å²) in [6, 6.07) is 15.0. The first kappa shape index (κ1) is 20.5. The van der Waals surface area contributed by atoms with Gasteiger partial charge in [-0.3, -0.25) is 4.79 Å². The van der Waals surface area contributed by atoms with E-state index in [0.29, 0.717) is 36.0 Å². The molecule has 1 aromatic heterocycles. The maximum Gasteiger partial charge on any atom is 0.251 e. The van der Waals surface area contributed by atoms with Gasteiger partial charge in [-0.05, 0) is 37.3 Å². The number of anilines is 1. The number of benzene rings is 2. The molecule has 5 rings (SSSR count). The normalized spacial score (nSPS) is 24.2. The minimum absolute atomic E-state index is 0.148. The van der Waals surface area contributed by atoms with Crippen molar-refractivity contribution in [1.82, 2.24) is 15.3 Å². The molecule has 0 aliphatic carbocycles. The van der Waals surface area contributed by atoms with Crippen molar-refractivity contribution < 1.29 is 18.7 Å². The first-order valence-corrected chi connectivity index (χ1v) is 10.5. The van der Waals surface area contributed by atoms with E-state index >= 15 is 0 Å². The molecule has 2 aromatic carbocycles. The third kappa shape index (κ3) is 4.19. The van der Waals surface area contributed by atoms with Gasteiger partial charge < -0.3 is 20.1 Å². The highest BCUT2D eigenvalue weighted by Gasteiger charge is 2.48. The Kier molecular flexibility index (Phi) is 5.55. The van der Waals surface area contributed by atoms with E-state index < -0.39 is 0 Å². The summed E-state index contributed by atoms with van der Waals surface area (Å²) in [5, 5.41) is 6.29. The van der Waals surface area contributed by atoms with E-state index in [2.05, 4.69) is 20.6 Å². The third-order valence-corrected chi connectivity index (χ3v) is 5.77. The highest BCUT2D eigenvalue weighted by molar-refractivity contribution is 5.94. The predicted octanol–water partition coefficient (Wildman–Crippen LogP) is 2.97. The first-order chi connectivity index (χ1) is 15.6. The molecule has 4 atom stereocenters. The molecule has 7 nitrogen and oxygen atoms in total. The molecule has 2 aliphatic rings. The van der Waals surface area contributed by atoms with Gasteiger partial charge in [-0.2, -0.15) is 0 Å². The average molecular weight is 434 g/mol. The van der Waals surface area contributed by atoms with Crippen molar-refractivity contribution in [2.45, 2.75) is 31.2 Å². The van der Waals surface area contributed by atoms with Crippen LogP contribution in [0.2, 0.25) is 0 Å². The van der Waals surface area contributed by atoms with Crippen LogP contribution in [0.15, 0.2) is 60.8 Å². The Hall–Kier alpha value is -3.36. The number of hydrogen-bond donors (Lipinski definition) is 2. The summed E-state index contributed by atoms with van der Waals surface area (Å²) < 4.78 is 25.5. The number of nitrogens with one attached hydrogen (secondary N) is 2. The maximum absolute atomic E-state index is 13.6. The fourth-order valence-corrected chi connectivity index (χ4v) is 4.11. The van der Waals surface area contributed by atoms with Gasteiger partial charge >= 0.3 is 0 Å². The Balaban J connectivity index is 1.24. The summed E-state index contributed by atoms with van der Waals surface area (Å²) >= 11 is 0. The van der Waals surface area contributed by atoms with E-state index in [9.17, 15) is 9.18 Å². The molecule has 0 radical (unpaired) electrons. The van der Waals surface area contributed by atoms with Crippen molar-refractivity contribution in [2.75, 3.05) is 18.5 Å². The number of hydrogen-bond acceptors (Lipinski definition) is 6. The summed E-state index contributed by atoms with van der Waals surface area (Å²) in [7, 11) is 0. The van der Waals surface area contributed by atoms with Crippen LogP contribution in [0.1, 0.15) is 15.9 Å². The molecule has 2 fully saturated rings. The van der Waals surface area contributed by atoms with E-state index in [1.807, 2.05) is 19.1 Å². The molecular weight excluding hydrogens is 411 g/mol. The number of aromatic nitrogens is 2. The van der Waals surface area contributed by atoms with Crippen molar-refractivity contribution in [3.63, 3.8) is 0 Å². The van der Waals surface area contributed by atoms with E-state index in [-0.39, 0.29) is 36.0 Å². The third-order valence-electron chi connectivity index (χ3n) is 5.77. The summed E-state index contributed by atoms with van der Waals surface area (Å²) in [4.78, 5) is 21.4. The highest BCUT2D eigenvalue weighted by Crippen LogP contribution is 2.29. The van der Waals surface area contributed by atoms with E-state index in [1.54, 1.807) is 36.5 Å². The topological polar surface area (TPSA) is 85.4 Å². The molecule has 3 aromatic rings. The number of amides is 1. The molecule has 32 heavy (non-hydrogen) atoms. The molecule has 0 saturated carbocycles. The zero-order valence-electron chi connectivity index (χ0n) is 17.5. The van der Waals surface area contributed by atoms with E-state index in [4.69, 9.17) is 9.47 Å². The summed E-state index contributed by atoms with van der Waals surface area (Å²) in [5.41, 5.74) is 3.00. The lowest BCUT2D eigenvalue weighted by molar-refractivity contribution is 0.0652. The van der Waals surface area contributed by atoms with Crippen LogP contribution in [-0.2, 0) is 9.47 Å². The average Bonchev–Trinajstić information content (AvgIpc) is 3.38. The monoisotopic (exact) mass is 434 g/mol. The van der Waals surface area contributed by atoms with E-state index in [0.717, 1.165) is 5.56 Å². The van der Waals surface area contributed by atoms with Gasteiger partial charge in [0.25, 0.3) is 5.91 Å². The second kappa shape index (κ2) is 8.64. The van der Waals surface area contributed by atoms with Crippen LogP contribution in [0, 0.1) is 12.7 Å². The fraction of sp³-hybridized carbons (Fsp3) is 0.292. The standard InChI is InChI=1S/C24H23FN4O3/c1-14-5-7-15(8-6-14)23(30)27-19-12-31-22-20(13-32-21(19)22)29-24-26-10-9-18(28-24)16-3-2-4-17(25)11-16/h2-11,19-22H,12-13H2,1H3,(H,27,30)(H,26,28,29)/t19-,20-,21+,22+/m0/s1. The molecule has 164 valence electrons. The van der Waals surface area contributed by atoms with Gasteiger partial charge in [-0.25, -0.2) is 14.4 Å². The zero-order chi connectivity index (χ0) is 22.1. The smallest absolute Gasteiger partial charge is 0.251 e. The summed E-state index contributed by atoms with van der Waals surface area (Å²) in [6.45, 7) is 2.75. The Labute approximate surface area is 185 Å². The molecule has 3 heterocycles. The number of nitrogens with zero attached hydrogens (tertiary/aromatic N) is 2. The molecule has 0 bridgehead atoms. The molecule has 0 unspecified atom stereocenters. The zero-order valence-corrected chi connectivity index (χ0v) is 17.5. The van der Waals surface area contributed by atoms with E-state index in [1.165, 1.54) is 12.1 Å². The highest BCUT2D eigenvalue weighted by atomic mass is 19.1. The first-order valence-electron chi connectivity index (χ1n) is 10.5. The van der Waals surface area contributed by atoms with Gasteiger partial charge in [-0.15, -0.1) is 0 Å². The number of aryl methyl sites for hydroxylation is 1. The summed E-state index contributed by atoms with van der Waals surface area (Å²) in [6.07, 6.45) is 1.14. The molecule has 2 aliphatic heterocycles. The number of carbonyl (C=O) groups is 1. The molecule has 8 heteroatoms. The number of rotatable bonds is 5. The maximum atomic E-state index is 13.6. The molecule has 2 N–H and O–H groups in total. The minimum atomic E-state index is -0.319. The van der Waals surface area contributed by atoms with Crippen LogP contribution in [0.5, 0.6) is 0 Å². The van der Waals surface area contributed by atoms with Crippen LogP contribution in [0.4, 0.5) is 10.3 Å². The van der Waals surface area contributed by atoms with Crippen LogP contribution in [0.25, 0.3) is 11.3 Å². The molecule has 2 saturated heterocycles. The van der Waals surface area contributed by atoms with Crippen LogP contribution in [0.3, 0.4) is 0 Å². The molecule has 1 amide bonds. The quantitative estimate of drug-likeness (QED) is 0.642. The number of halogens is 1. The Morgan fingerprint density at radius 3 is 2.56 bits per heavy atom. The van der Waals surface area contributed by atoms with Gasteiger partial charge in [0.15, 0.2) is 0 Å². The molecular formula is C24H23FN4O3. The van der Waals surface area contributed by atoms with Crippen molar-refractivity contribution in [3.05, 3.63) is 77.7 Å². The lowest BCUT2D eigenvalue weighted by atomic mass is 10.1.